The van der Waals surface area contributed by atoms with Crippen molar-refractivity contribution in [3.8, 4) is 0 Å². The number of nitrogens with one attached hydrogen (secondary N) is 1. The van der Waals surface area contributed by atoms with E-state index in [-0.39, 0.29) is 5.69 Å². The lowest BCUT2D eigenvalue weighted by molar-refractivity contribution is 0.633. The largest absolute Gasteiger partial charge is 0.357 e. The fraction of sp³-hybridized carbons (Fsp3) is 0.300. The molecule has 0 aliphatic rings. The first kappa shape index (κ1) is 10.8. The zero-order valence-corrected chi connectivity index (χ0v) is 9.70. The van der Waals surface area contributed by atoms with Crippen LogP contribution in [0.3, 0.4) is 0 Å². The second-order valence-electron chi connectivity index (χ2n) is 3.29. The molecular formula is C10H12N4OS. The van der Waals surface area contributed by atoms with Crippen LogP contribution in [0, 0.1) is 0 Å². The maximum atomic E-state index is 11.5. The van der Waals surface area contributed by atoms with Crippen LogP contribution in [0.4, 0.5) is 5.95 Å². The third kappa shape index (κ3) is 2.46. The van der Waals surface area contributed by atoms with Gasteiger partial charge in [-0.05, 0) is 28.8 Å². The van der Waals surface area contributed by atoms with E-state index in [0.29, 0.717) is 12.5 Å². The van der Waals surface area contributed by atoms with E-state index < -0.39 is 0 Å². The van der Waals surface area contributed by atoms with E-state index in [1.807, 2.05) is 5.38 Å². The Bertz CT molecular complexity index is 506. The first-order valence-electron chi connectivity index (χ1n) is 4.92. The molecular weight excluding hydrogens is 224 g/mol. The summed E-state index contributed by atoms with van der Waals surface area (Å²) in [5.41, 5.74) is 0.962. The standard InChI is InChI=1S/C10H12N4OS/c1-11-9-12-7-14(10(15)13-9)4-2-8-3-5-16-6-8/h3,5-7H,2,4H2,1H3,(H,11,13,15). The first-order valence-corrected chi connectivity index (χ1v) is 5.86. The third-order valence-electron chi connectivity index (χ3n) is 2.21. The highest BCUT2D eigenvalue weighted by molar-refractivity contribution is 7.07. The summed E-state index contributed by atoms with van der Waals surface area (Å²) in [6.45, 7) is 0.611. The maximum Gasteiger partial charge on any atom is 0.352 e. The average Bonchev–Trinajstić information content (AvgIpc) is 2.80. The third-order valence-corrected chi connectivity index (χ3v) is 2.94. The van der Waals surface area contributed by atoms with E-state index >= 15 is 0 Å². The number of rotatable bonds is 4. The zero-order valence-electron chi connectivity index (χ0n) is 8.88. The Morgan fingerprint density at radius 1 is 1.56 bits per heavy atom. The van der Waals surface area contributed by atoms with Gasteiger partial charge < -0.3 is 5.32 Å². The van der Waals surface area contributed by atoms with Crippen LogP contribution in [0.5, 0.6) is 0 Å². The smallest absolute Gasteiger partial charge is 0.352 e. The van der Waals surface area contributed by atoms with E-state index in [0.717, 1.165) is 6.42 Å². The number of hydrogen-bond acceptors (Lipinski definition) is 5. The Kier molecular flexibility index (Phi) is 3.31. The van der Waals surface area contributed by atoms with Crippen LogP contribution in [-0.2, 0) is 13.0 Å². The quantitative estimate of drug-likeness (QED) is 0.859. The second-order valence-corrected chi connectivity index (χ2v) is 4.07. The summed E-state index contributed by atoms with van der Waals surface area (Å²) in [5, 5.41) is 6.83. The van der Waals surface area contributed by atoms with E-state index in [9.17, 15) is 4.79 Å². The summed E-state index contributed by atoms with van der Waals surface area (Å²) in [5.74, 6) is 0.358. The number of aryl methyl sites for hydroxylation is 2. The Labute approximate surface area is 96.8 Å². The Morgan fingerprint density at radius 2 is 2.44 bits per heavy atom. The predicted molar refractivity (Wildman–Crippen MR) is 63.9 cm³/mol. The van der Waals surface area contributed by atoms with Gasteiger partial charge in [-0.2, -0.15) is 16.3 Å². The van der Waals surface area contributed by atoms with Crippen molar-refractivity contribution in [1.29, 1.82) is 0 Å². The van der Waals surface area contributed by atoms with Gasteiger partial charge in [0.05, 0.1) is 0 Å². The molecule has 0 bridgehead atoms. The molecule has 0 fully saturated rings. The lowest BCUT2D eigenvalue weighted by Crippen LogP contribution is -2.25. The molecule has 6 heteroatoms. The molecule has 0 radical (unpaired) electrons. The number of thiophene rings is 1. The number of anilines is 1. The van der Waals surface area contributed by atoms with Crippen molar-refractivity contribution in [2.45, 2.75) is 13.0 Å². The molecule has 1 N–H and O–H groups in total. The number of aromatic nitrogens is 3. The molecule has 2 rings (SSSR count). The van der Waals surface area contributed by atoms with Crippen LogP contribution in [0.2, 0.25) is 0 Å². The van der Waals surface area contributed by atoms with Gasteiger partial charge >= 0.3 is 5.69 Å². The Morgan fingerprint density at radius 3 is 3.06 bits per heavy atom. The SMILES string of the molecule is CNc1ncn(CCc2ccsc2)c(=O)n1. The molecule has 0 amide bonds. The minimum Gasteiger partial charge on any atom is -0.357 e. The monoisotopic (exact) mass is 236 g/mol. The van der Waals surface area contributed by atoms with E-state index in [4.69, 9.17) is 0 Å². The summed E-state index contributed by atoms with van der Waals surface area (Å²) < 4.78 is 1.51. The fourth-order valence-electron chi connectivity index (χ4n) is 1.32. The van der Waals surface area contributed by atoms with Crippen LogP contribution in [-0.4, -0.2) is 21.6 Å². The molecule has 0 atom stereocenters. The maximum absolute atomic E-state index is 11.5. The molecule has 0 aliphatic carbocycles. The molecule has 5 nitrogen and oxygen atoms in total. The van der Waals surface area contributed by atoms with Crippen molar-refractivity contribution in [2.24, 2.45) is 0 Å². The first-order chi connectivity index (χ1) is 7.79. The lowest BCUT2D eigenvalue weighted by Gasteiger charge is -2.03. The molecule has 0 unspecified atom stereocenters. The molecule has 84 valence electrons. The summed E-state index contributed by atoms with van der Waals surface area (Å²) in [6, 6.07) is 2.05. The van der Waals surface area contributed by atoms with Crippen LogP contribution < -0.4 is 11.0 Å². The van der Waals surface area contributed by atoms with Crippen molar-refractivity contribution in [3.63, 3.8) is 0 Å². The minimum atomic E-state index is -0.269. The predicted octanol–water partition coefficient (Wildman–Crippen LogP) is 0.984. The topological polar surface area (TPSA) is 59.8 Å². The molecule has 2 heterocycles. The van der Waals surface area contributed by atoms with E-state index in [1.165, 1.54) is 16.5 Å². The summed E-state index contributed by atoms with van der Waals surface area (Å²) in [4.78, 5) is 19.3. The van der Waals surface area contributed by atoms with Gasteiger partial charge in [-0.3, -0.25) is 4.57 Å². The fourth-order valence-corrected chi connectivity index (χ4v) is 2.02. The van der Waals surface area contributed by atoms with Crippen molar-refractivity contribution in [2.75, 3.05) is 12.4 Å². The molecule has 16 heavy (non-hydrogen) atoms. The van der Waals surface area contributed by atoms with Crippen LogP contribution in [0.25, 0.3) is 0 Å². The van der Waals surface area contributed by atoms with Crippen molar-refractivity contribution < 1.29 is 0 Å². The van der Waals surface area contributed by atoms with Gasteiger partial charge in [0.2, 0.25) is 5.95 Å². The van der Waals surface area contributed by atoms with E-state index in [2.05, 4.69) is 26.7 Å². The molecule has 0 aromatic carbocycles. The minimum absolute atomic E-state index is 0.269. The highest BCUT2D eigenvalue weighted by Crippen LogP contribution is 2.06. The van der Waals surface area contributed by atoms with Crippen LogP contribution in [0.1, 0.15) is 5.56 Å². The van der Waals surface area contributed by atoms with Gasteiger partial charge in [0, 0.05) is 13.6 Å². The average molecular weight is 236 g/mol. The van der Waals surface area contributed by atoms with Crippen molar-refractivity contribution in [1.82, 2.24) is 14.5 Å². The molecule has 0 spiro atoms. The number of hydrogen-bond donors (Lipinski definition) is 1. The molecule has 0 saturated heterocycles. The lowest BCUT2D eigenvalue weighted by atomic mass is 10.2. The Hall–Kier alpha value is -1.69. The highest BCUT2D eigenvalue weighted by Gasteiger charge is 2.00. The summed E-state index contributed by atoms with van der Waals surface area (Å²) in [6.07, 6.45) is 2.35. The van der Waals surface area contributed by atoms with Gasteiger partial charge in [-0.25, -0.2) is 9.78 Å². The summed E-state index contributed by atoms with van der Waals surface area (Å²) in [7, 11) is 1.68. The molecule has 0 aliphatic heterocycles. The highest BCUT2D eigenvalue weighted by atomic mass is 32.1. The Balaban J connectivity index is 2.07. The van der Waals surface area contributed by atoms with Crippen molar-refractivity contribution in [3.05, 3.63) is 39.2 Å². The summed E-state index contributed by atoms with van der Waals surface area (Å²) >= 11 is 1.66. The van der Waals surface area contributed by atoms with Crippen molar-refractivity contribution >= 4 is 17.3 Å². The van der Waals surface area contributed by atoms with Gasteiger partial charge in [-0.15, -0.1) is 0 Å². The molecule has 2 aromatic rings. The molecule has 0 saturated carbocycles. The normalized spacial score (nSPS) is 10.3. The van der Waals surface area contributed by atoms with Gasteiger partial charge in [0.1, 0.15) is 6.33 Å². The molecule has 2 aromatic heterocycles. The van der Waals surface area contributed by atoms with Crippen LogP contribution >= 0.6 is 11.3 Å². The zero-order chi connectivity index (χ0) is 11.4. The van der Waals surface area contributed by atoms with Gasteiger partial charge in [0.25, 0.3) is 0 Å². The number of nitrogens with zero attached hydrogens (tertiary/aromatic N) is 3. The van der Waals surface area contributed by atoms with Gasteiger partial charge in [0.15, 0.2) is 0 Å². The second kappa shape index (κ2) is 4.89. The van der Waals surface area contributed by atoms with E-state index in [1.54, 1.807) is 18.4 Å². The van der Waals surface area contributed by atoms with Gasteiger partial charge in [-0.1, -0.05) is 0 Å². The van der Waals surface area contributed by atoms with Crippen LogP contribution in [0.15, 0.2) is 27.9 Å².